The van der Waals surface area contributed by atoms with Gasteiger partial charge in [-0.15, -0.1) is 0 Å². The predicted octanol–water partition coefficient (Wildman–Crippen LogP) is 0.898. The highest BCUT2D eigenvalue weighted by atomic mass is 19.4. The third kappa shape index (κ3) is 7.44. The first-order valence-electron chi connectivity index (χ1n) is 5.63. The van der Waals surface area contributed by atoms with Crippen LogP contribution in [0.15, 0.2) is 0 Å². The maximum atomic E-state index is 12.3. The Bertz CT molecular complexity index is 372. The van der Waals surface area contributed by atoms with E-state index in [1.807, 2.05) is 0 Å². The fourth-order valence-electron chi connectivity index (χ4n) is 1.35. The van der Waals surface area contributed by atoms with Crippen LogP contribution in [-0.4, -0.2) is 58.4 Å². The van der Waals surface area contributed by atoms with Gasteiger partial charge in [0.2, 0.25) is 0 Å². The van der Waals surface area contributed by atoms with Gasteiger partial charge in [0.25, 0.3) is 0 Å². The molecular weight excluding hydrogens is 285 g/mol. The second-order valence-electron chi connectivity index (χ2n) is 3.97. The zero-order valence-corrected chi connectivity index (χ0v) is 10.6. The van der Waals surface area contributed by atoms with Crippen molar-refractivity contribution in [2.75, 3.05) is 13.1 Å². The van der Waals surface area contributed by atoms with Crippen LogP contribution >= 0.6 is 0 Å². The molecule has 20 heavy (non-hydrogen) atoms. The van der Waals surface area contributed by atoms with E-state index in [2.05, 4.69) is 0 Å². The Hall–Kier alpha value is -2.00. The van der Waals surface area contributed by atoms with E-state index in [9.17, 15) is 27.6 Å². The van der Waals surface area contributed by atoms with E-state index in [0.717, 1.165) is 0 Å². The van der Waals surface area contributed by atoms with Crippen LogP contribution in [0, 0.1) is 0 Å². The number of carbonyl (C=O) groups is 3. The molecule has 0 aromatic rings. The fraction of sp³-hybridized carbons (Fsp3) is 0.700. The summed E-state index contributed by atoms with van der Waals surface area (Å²) >= 11 is 0. The van der Waals surface area contributed by atoms with Crippen molar-refractivity contribution >= 4 is 18.0 Å². The summed E-state index contributed by atoms with van der Waals surface area (Å²) in [5.41, 5.74) is 0. The largest absolute Gasteiger partial charge is 0.481 e. The molecule has 0 fully saturated rings. The number of aliphatic carboxylic acids is 2. The van der Waals surface area contributed by atoms with Gasteiger partial charge in [-0.05, 0) is 6.42 Å². The van der Waals surface area contributed by atoms with E-state index < -0.39 is 43.2 Å². The van der Waals surface area contributed by atoms with Crippen LogP contribution in [0.1, 0.15) is 19.8 Å². The van der Waals surface area contributed by atoms with E-state index in [-0.39, 0.29) is 13.0 Å². The number of rotatable bonds is 7. The molecule has 0 bridgehead atoms. The van der Waals surface area contributed by atoms with Crippen LogP contribution in [0.5, 0.6) is 0 Å². The Kier molecular flexibility index (Phi) is 6.80. The molecule has 0 rings (SSSR count). The second kappa shape index (κ2) is 7.56. The maximum absolute atomic E-state index is 12.3. The van der Waals surface area contributed by atoms with Crippen molar-refractivity contribution in [2.45, 2.75) is 32.0 Å². The zero-order valence-electron chi connectivity index (χ0n) is 10.6. The van der Waals surface area contributed by atoms with E-state index in [1.54, 1.807) is 12.2 Å². The van der Waals surface area contributed by atoms with Crippen LogP contribution < -0.4 is 5.32 Å². The highest BCUT2D eigenvalue weighted by Gasteiger charge is 2.34. The smallest absolute Gasteiger partial charge is 0.406 e. The third-order valence-electron chi connectivity index (χ3n) is 2.13. The number of hydrogen-bond acceptors (Lipinski definition) is 3. The zero-order chi connectivity index (χ0) is 15.9. The lowest BCUT2D eigenvalue weighted by Gasteiger charge is -2.25. The molecule has 2 amide bonds. The summed E-state index contributed by atoms with van der Waals surface area (Å²) in [5.74, 6) is -3.13. The Morgan fingerprint density at radius 1 is 1.25 bits per heavy atom. The minimum atomic E-state index is -4.63. The fourth-order valence-corrected chi connectivity index (χ4v) is 1.35. The van der Waals surface area contributed by atoms with Crippen molar-refractivity contribution in [3.05, 3.63) is 0 Å². The van der Waals surface area contributed by atoms with Gasteiger partial charge in [0, 0.05) is 6.54 Å². The molecule has 0 aliphatic heterocycles. The van der Waals surface area contributed by atoms with Crippen molar-refractivity contribution in [3.63, 3.8) is 0 Å². The molecular formula is C10H15F3N2O5. The topological polar surface area (TPSA) is 107 Å². The van der Waals surface area contributed by atoms with E-state index in [0.29, 0.717) is 4.90 Å². The Balaban J connectivity index is 4.79. The molecule has 0 aliphatic rings. The average Bonchev–Trinajstić information content (AvgIpc) is 2.24. The van der Waals surface area contributed by atoms with Crippen LogP contribution in [-0.2, 0) is 9.59 Å². The minimum absolute atomic E-state index is 0.231. The number of nitrogens with zero attached hydrogens (tertiary/aromatic N) is 1. The number of carboxylic acid groups (broad SMARTS) is 2. The molecule has 0 aromatic heterocycles. The van der Waals surface area contributed by atoms with E-state index in [1.165, 1.54) is 0 Å². The normalized spacial score (nSPS) is 12.6. The highest BCUT2D eigenvalue weighted by molar-refractivity contribution is 5.86. The van der Waals surface area contributed by atoms with Gasteiger partial charge < -0.3 is 20.4 Å². The van der Waals surface area contributed by atoms with Gasteiger partial charge in [-0.1, -0.05) is 6.92 Å². The number of carbonyl (C=O) groups excluding carboxylic acids is 1. The van der Waals surface area contributed by atoms with Gasteiger partial charge >= 0.3 is 24.1 Å². The van der Waals surface area contributed by atoms with Crippen LogP contribution in [0.25, 0.3) is 0 Å². The summed E-state index contributed by atoms with van der Waals surface area (Å²) in [6, 6.07) is -3.05. The molecule has 0 saturated carbocycles. The molecule has 3 N–H and O–H groups in total. The second-order valence-corrected chi connectivity index (χ2v) is 3.97. The first-order chi connectivity index (χ1) is 9.06. The summed E-state index contributed by atoms with van der Waals surface area (Å²) in [7, 11) is 0. The number of nitrogens with one attached hydrogen (secondary N) is 1. The average molecular weight is 300 g/mol. The summed E-state index contributed by atoms with van der Waals surface area (Å²) < 4.78 is 36.8. The van der Waals surface area contributed by atoms with Gasteiger partial charge in [0.1, 0.15) is 12.6 Å². The van der Waals surface area contributed by atoms with Crippen LogP contribution in [0.3, 0.4) is 0 Å². The molecule has 10 heteroatoms. The van der Waals surface area contributed by atoms with E-state index in [4.69, 9.17) is 10.2 Å². The van der Waals surface area contributed by atoms with Crippen molar-refractivity contribution in [1.29, 1.82) is 0 Å². The molecule has 0 radical (unpaired) electrons. The molecule has 0 aliphatic carbocycles. The number of halogens is 3. The van der Waals surface area contributed by atoms with Crippen molar-refractivity contribution in [2.24, 2.45) is 0 Å². The molecule has 0 heterocycles. The van der Waals surface area contributed by atoms with Crippen molar-refractivity contribution < 1.29 is 37.8 Å². The molecule has 0 aromatic carbocycles. The molecule has 7 nitrogen and oxygen atoms in total. The van der Waals surface area contributed by atoms with Gasteiger partial charge in [-0.25, -0.2) is 9.59 Å². The van der Waals surface area contributed by atoms with Gasteiger partial charge in [0.15, 0.2) is 0 Å². The molecule has 0 saturated heterocycles. The van der Waals surface area contributed by atoms with Gasteiger partial charge in [-0.3, -0.25) is 4.79 Å². The minimum Gasteiger partial charge on any atom is -0.481 e. The lowest BCUT2D eigenvalue weighted by Crippen LogP contribution is -2.51. The lowest BCUT2D eigenvalue weighted by atomic mass is 10.2. The van der Waals surface area contributed by atoms with Crippen molar-refractivity contribution in [3.8, 4) is 0 Å². The maximum Gasteiger partial charge on any atom is 0.406 e. The molecule has 1 atom stereocenters. The number of urea groups is 1. The van der Waals surface area contributed by atoms with Gasteiger partial charge in [-0.2, -0.15) is 13.2 Å². The van der Waals surface area contributed by atoms with Crippen LogP contribution in [0.4, 0.5) is 18.0 Å². The van der Waals surface area contributed by atoms with E-state index >= 15 is 0 Å². The quantitative estimate of drug-likeness (QED) is 0.647. The monoisotopic (exact) mass is 300 g/mol. The van der Waals surface area contributed by atoms with Crippen LogP contribution in [0.2, 0.25) is 0 Å². The molecule has 0 spiro atoms. The standard InChI is InChI=1S/C10H15F3N2O5/c1-2-3-15(5-10(11,12)13)9(20)14-6(8(18)19)4-7(16)17/h6H,2-5H2,1H3,(H,14,20)(H,16,17)(H,18,19)/t6-/m1/s1. The molecule has 116 valence electrons. The number of hydrogen-bond donors (Lipinski definition) is 3. The Labute approximate surface area is 112 Å². The highest BCUT2D eigenvalue weighted by Crippen LogP contribution is 2.16. The SMILES string of the molecule is CCCN(CC(F)(F)F)C(=O)N[C@H](CC(=O)O)C(=O)O. The Morgan fingerprint density at radius 3 is 2.15 bits per heavy atom. The first-order valence-corrected chi connectivity index (χ1v) is 5.63. The lowest BCUT2D eigenvalue weighted by molar-refractivity contribution is -0.146. The summed E-state index contributed by atoms with van der Waals surface area (Å²) in [6.07, 6.45) is -5.31. The summed E-state index contributed by atoms with van der Waals surface area (Å²) in [4.78, 5) is 33.1. The summed E-state index contributed by atoms with van der Waals surface area (Å²) in [5, 5.41) is 18.9. The first kappa shape index (κ1) is 18.0. The third-order valence-corrected chi connectivity index (χ3v) is 2.13. The predicted molar refractivity (Wildman–Crippen MR) is 60.1 cm³/mol. The van der Waals surface area contributed by atoms with Gasteiger partial charge in [0.05, 0.1) is 6.42 Å². The number of alkyl halides is 3. The molecule has 0 unspecified atom stereocenters. The Morgan fingerprint density at radius 2 is 1.80 bits per heavy atom. The number of carboxylic acids is 2. The number of amides is 2. The van der Waals surface area contributed by atoms with Crippen molar-refractivity contribution in [1.82, 2.24) is 10.2 Å². The summed E-state index contributed by atoms with van der Waals surface area (Å²) in [6.45, 7) is -0.223.